The van der Waals surface area contributed by atoms with E-state index in [2.05, 4.69) is 17.0 Å². The molecular weight excluding hydrogens is 288 g/mol. The molecular formula is C15H20N2O3S. The molecule has 114 valence electrons. The van der Waals surface area contributed by atoms with Crippen molar-refractivity contribution in [3.63, 3.8) is 0 Å². The van der Waals surface area contributed by atoms with Gasteiger partial charge in [0.25, 0.3) is 0 Å². The number of hydrogen-bond acceptors (Lipinski definition) is 4. The van der Waals surface area contributed by atoms with Crippen molar-refractivity contribution in [1.29, 1.82) is 0 Å². The quantitative estimate of drug-likeness (QED) is 0.810. The van der Waals surface area contributed by atoms with Gasteiger partial charge in [-0.25, -0.2) is 8.42 Å². The van der Waals surface area contributed by atoms with Gasteiger partial charge in [0.15, 0.2) is 9.84 Å². The number of nitrogens with zero attached hydrogens (tertiary/aromatic N) is 2. The van der Waals surface area contributed by atoms with E-state index in [4.69, 9.17) is 0 Å². The van der Waals surface area contributed by atoms with E-state index in [0.717, 1.165) is 13.1 Å². The molecule has 2 saturated heterocycles. The Morgan fingerprint density at radius 3 is 2.29 bits per heavy atom. The minimum Gasteiger partial charge on any atom is -0.368 e. The van der Waals surface area contributed by atoms with Gasteiger partial charge in [-0.2, -0.15) is 0 Å². The first-order valence-corrected chi connectivity index (χ1v) is 9.16. The first-order chi connectivity index (χ1) is 10.1. The Labute approximate surface area is 125 Å². The molecule has 0 aliphatic carbocycles. The van der Waals surface area contributed by atoms with Crippen LogP contribution in [0.2, 0.25) is 0 Å². The third-order valence-corrected chi connectivity index (χ3v) is 6.06. The maximum atomic E-state index is 12.4. The van der Waals surface area contributed by atoms with Crippen molar-refractivity contribution in [1.82, 2.24) is 4.90 Å². The van der Waals surface area contributed by atoms with Crippen molar-refractivity contribution in [3.8, 4) is 0 Å². The summed E-state index contributed by atoms with van der Waals surface area (Å²) >= 11 is 0. The Morgan fingerprint density at radius 1 is 1.05 bits per heavy atom. The minimum atomic E-state index is -2.99. The van der Waals surface area contributed by atoms with Crippen molar-refractivity contribution in [3.05, 3.63) is 30.3 Å². The first kappa shape index (κ1) is 14.4. The molecule has 5 nitrogen and oxygen atoms in total. The minimum absolute atomic E-state index is 0.0174. The van der Waals surface area contributed by atoms with E-state index in [9.17, 15) is 13.2 Å². The number of carbonyl (C=O) groups is 1. The lowest BCUT2D eigenvalue weighted by Crippen LogP contribution is -2.50. The molecule has 21 heavy (non-hydrogen) atoms. The molecule has 3 rings (SSSR count). The predicted octanol–water partition coefficient (Wildman–Crippen LogP) is 0.770. The van der Waals surface area contributed by atoms with Gasteiger partial charge in [0.1, 0.15) is 0 Å². The van der Waals surface area contributed by atoms with Crippen LogP contribution in [-0.4, -0.2) is 56.9 Å². The van der Waals surface area contributed by atoms with E-state index in [-0.39, 0.29) is 23.3 Å². The maximum absolute atomic E-state index is 12.4. The lowest BCUT2D eigenvalue weighted by atomic mass is 10.1. The van der Waals surface area contributed by atoms with E-state index >= 15 is 0 Å². The molecule has 1 aromatic rings. The summed E-state index contributed by atoms with van der Waals surface area (Å²) in [5.74, 6) is -0.111. The normalized spacial score (nSPS) is 25.0. The SMILES string of the molecule is O=C(C1CCS(=O)(=O)C1)N1CCN(c2ccccc2)CC1. The van der Waals surface area contributed by atoms with E-state index in [1.165, 1.54) is 5.69 Å². The maximum Gasteiger partial charge on any atom is 0.226 e. The summed E-state index contributed by atoms with van der Waals surface area (Å²) in [5.41, 5.74) is 1.17. The van der Waals surface area contributed by atoms with Crippen LogP contribution >= 0.6 is 0 Å². The van der Waals surface area contributed by atoms with Crippen LogP contribution in [0.25, 0.3) is 0 Å². The Bertz CT molecular complexity index is 607. The van der Waals surface area contributed by atoms with E-state index in [1.54, 1.807) is 0 Å². The van der Waals surface area contributed by atoms with Gasteiger partial charge >= 0.3 is 0 Å². The van der Waals surface area contributed by atoms with Gasteiger partial charge in [-0.15, -0.1) is 0 Å². The zero-order valence-electron chi connectivity index (χ0n) is 11.9. The number of amides is 1. The summed E-state index contributed by atoms with van der Waals surface area (Å²) in [4.78, 5) is 16.5. The van der Waals surface area contributed by atoms with E-state index in [1.807, 2.05) is 23.1 Å². The summed E-state index contributed by atoms with van der Waals surface area (Å²) < 4.78 is 23.0. The highest BCUT2D eigenvalue weighted by molar-refractivity contribution is 7.91. The Kier molecular flexibility index (Phi) is 3.89. The van der Waals surface area contributed by atoms with Crippen LogP contribution in [-0.2, 0) is 14.6 Å². The van der Waals surface area contributed by atoms with Crippen LogP contribution in [0.4, 0.5) is 5.69 Å². The van der Waals surface area contributed by atoms with Gasteiger partial charge in [0, 0.05) is 31.9 Å². The number of piperazine rings is 1. The molecule has 2 fully saturated rings. The fraction of sp³-hybridized carbons (Fsp3) is 0.533. The third kappa shape index (κ3) is 3.20. The fourth-order valence-corrected chi connectivity index (χ4v) is 4.80. The fourth-order valence-electron chi connectivity index (χ4n) is 3.07. The molecule has 0 N–H and O–H groups in total. The summed E-state index contributed by atoms with van der Waals surface area (Å²) in [7, 11) is -2.99. The second-order valence-electron chi connectivity index (χ2n) is 5.75. The lowest BCUT2D eigenvalue weighted by Gasteiger charge is -2.37. The second kappa shape index (κ2) is 5.67. The molecule has 1 aromatic carbocycles. The molecule has 0 saturated carbocycles. The summed E-state index contributed by atoms with van der Waals surface area (Å²) in [6.07, 6.45) is 0.486. The number of hydrogen-bond donors (Lipinski definition) is 0. The summed E-state index contributed by atoms with van der Waals surface area (Å²) in [6, 6.07) is 10.2. The van der Waals surface area contributed by atoms with Crippen molar-refractivity contribution in [2.45, 2.75) is 6.42 Å². The molecule has 0 bridgehead atoms. The van der Waals surface area contributed by atoms with Gasteiger partial charge in [-0.1, -0.05) is 18.2 Å². The molecule has 1 atom stereocenters. The van der Waals surface area contributed by atoms with Crippen molar-refractivity contribution < 1.29 is 13.2 Å². The van der Waals surface area contributed by atoms with Crippen molar-refractivity contribution >= 4 is 21.4 Å². The molecule has 1 unspecified atom stereocenters. The Balaban J connectivity index is 1.57. The third-order valence-electron chi connectivity index (χ3n) is 4.29. The van der Waals surface area contributed by atoms with E-state index in [0.29, 0.717) is 19.5 Å². The second-order valence-corrected chi connectivity index (χ2v) is 7.98. The molecule has 6 heteroatoms. The van der Waals surface area contributed by atoms with Crippen molar-refractivity contribution in [2.24, 2.45) is 5.92 Å². The van der Waals surface area contributed by atoms with Crippen LogP contribution in [0.15, 0.2) is 30.3 Å². The average molecular weight is 308 g/mol. The number of para-hydroxylation sites is 1. The highest BCUT2D eigenvalue weighted by Gasteiger charge is 2.36. The van der Waals surface area contributed by atoms with Crippen LogP contribution in [0.3, 0.4) is 0 Å². The van der Waals surface area contributed by atoms with Gasteiger partial charge in [0.2, 0.25) is 5.91 Å². The highest BCUT2D eigenvalue weighted by Crippen LogP contribution is 2.22. The number of carbonyl (C=O) groups excluding carboxylic acids is 1. The van der Waals surface area contributed by atoms with Crippen LogP contribution in [0.5, 0.6) is 0 Å². The average Bonchev–Trinajstić information content (AvgIpc) is 2.88. The van der Waals surface area contributed by atoms with Crippen LogP contribution in [0, 0.1) is 5.92 Å². The predicted molar refractivity (Wildman–Crippen MR) is 82.0 cm³/mol. The molecule has 1 amide bonds. The molecule has 2 aliphatic heterocycles. The molecule has 2 aliphatic rings. The number of sulfone groups is 1. The number of rotatable bonds is 2. The molecule has 0 radical (unpaired) electrons. The molecule has 0 aromatic heterocycles. The van der Waals surface area contributed by atoms with Gasteiger partial charge in [-0.3, -0.25) is 4.79 Å². The van der Waals surface area contributed by atoms with Gasteiger partial charge in [-0.05, 0) is 18.6 Å². The Hall–Kier alpha value is -1.56. The zero-order chi connectivity index (χ0) is 14.9. The molecule has 0 spiro atoms. The largest absolute Gasteiger partial charge is 0.368 e. The highest BCUT2D eigenvalue weighted by atomic mass is 32.2. The van der Waals surface area contributed by atoms with Crippen LogP contribution in [0.1, 0.15) is 6.42 Å². The number of anilines is 1. The zero-order valence-corrected chi connectivity index (χ0v) is 12.8. The summed E-state index contributed by atoms with van der Waals surface area (Å²) in [6.45, 7) is 2.94. The first-order valence-electron chi connectivity index (χ1n) is 7.34. The Morgan fingerprint density at radius 2 is 1.71 bits per heavy atom. The van der Waals surface area contributed by atoms with Gasteiger partial charge < -0.3 is 9.80 Å². The topological polar surface area (TPSA) is 57.7 Å². The van der Waals surface area contributed by atoms with Crippen LogP contribution < -0.4 is 4.90 Å². The van der Waals surface area contributed by atoms with E-state index < -0.39 is 9.84 Å². The van der Waals surface area contributed by atoms with Crippen molar-refractivity contribution in [2.75, 3.05) is 42.6 Å². The number of benzene rings is 1. The monoisotopic (exact) mass is 308 g/mol. The smallest absolute Gasteiger partial charge is 0.226 e. The van der Waals surface area contributed by atoms with Gasteiger partial charge in [0.05, 0.1) is 17.4 Å². The molecule has 2 heterocycles. The lowest BCUT2D eigenvalue weighted by molar-refractivity contribution is -0.135. The standard InChI is InChI=1S/C15H20N2O3S/c18-15(13-6-11-21(19,20)12-13)17-9-7-16(8-10-17)14-4-2-1-3-5-14/h1-5,13H,6-12H2. The summed E-state index contributed by atoms with van der Waals surface area (Å²) in [5, 5.41) is 0.